The third-order valence-electron chi connectivity index (χ3n) is 2.54. The van der Waals surface area contributed by atoms with Crippen molar-refractivity contribution in [3.05, 3.63) is 0 Å². The number of rotatable bonds is 3. The van der Waals surface area contributed by atoms with Gasteiger partial charge in [0.25, 0.3) is 0 Å². The van der Waals surface area contributed by atoms with E-state index in [-0.39, 0.29) is 0 Å². The Balaban J connectivity index is 2.22. The van der Waals surface area contributed by atoms with Gasteiger partial charge < -0.3 is 15.1 Å². The zero-order chi connectivity index (χ0) is 9.68. The quantitative estimate of drug-likeness (QED) is 0.679. The fourth-order valence-electron chi connectivity index (χ4n) is 1.74. The van der Waals surface area contributed by atoms with Crippen LogP contribution in [0, 0.1) is 0 Å². The largest absolute Gasteiger partial charge is 0.313 e. The highest BCUT2D eigenvalue weighted by Crippen LogP contribution is 1.99. The Morgan fingerprint density at radius 3 is 2.92 bits per heavy atom. The van der Waals surface area contributed by atoms with Crippen molar-refractivity contribution in [2.45, 2.75) is 19.4 Å². The molecule has 1 fully saturated rings. The van der Waals surface area contributed by atoms with E-state index in [2.05, 4.69) is 36.1 Å². The highest BCUT2D eigenvalue weighted by atomic mass is 15.2. The lowest BCUT2D eigenvalue weighted by Crippen LogP contribution is -2.38. The maximum Gasteiger partial charge on any atom is 0.0166 e. The summed E-state index contributed by atoms with van der Waals surface area (Å²) in [6.45, 7) is 8.29. The molecule has 1 saturated heterocycles. The lowest BCUT2D eigenvalue weighted by atomic mass is 10.3. The van der Waals surface area contributed by atoms with Crippen LogP contribution >= 0.6 is 0 Å². The maximum atomic E-state index is 3.51. The lowest BCUT2D eigenvalue weighted by molar-refractivity contribution is 0.240. The first-order valence-electron chi connectivity index (χ1n) is 5.29. The van der Waals surface area contributed by atoms with E-state index in [1.54, 1.807) is 0 Å². The predicted octanol–water partition coefficient (Wildman–Crippen LogP) is 0.232. The second-order valence-corrected chi connectivity index (χ2v) is 4.31. The van der Waals surface area contributed by atoms with Crippen molar-refractivity contribution < 1.29 is 0 Å². The van der Waals surface area contributed by atoms with Crippen LogP contribution in [-0.2, 0) is 0 Å². The topological polar surface area (TPSA) is 18.5 Å². The van der Waals surface area contributed by atoms with Gasteiger partial charge >= 0.3 is 0 Å². The Labute approximate surface area is 82.1 Å². The second-order valence-electron chi connectivity index (χ2n) is 4.31. The summed E-state index contributed by atoms with van der Waals surface area (Å²) in [5.41, 5.74) is 0. The number of hydrogen-bond acceptors (Lipinski definition) is 3. The normalized spacial score (nSPS) is 26.3. The van der Waals surface area contributed by atoms with E-state index < -0.39 is 0 Å². The monoisotopic (exact) mass is 185 g/mol. The van der Waals surface area contributed by atoms with Gasteiger partial charge in [0.2, 0.25) is 0 Å². The Morgan fingerprint density at radius 2 is 2.23 bits per heavy atom. The van der Waals surface area contributed by atoms with Crippen LogP contribution in [-0.4, -0.2) is 62.7 Å². The van der Waals surface area contributed by atoms with Crippen LogP contribution in [0.15, 0.2) is 0 Å². The molecule has 1 N–H and O–H groups in total. The summed E-state index contributed by atoms with van der Waals surface area (Å²) in [5, 5.41) is 3.51. The van der Waals surface area contributed by atoms with Gasteiger partial charge in [-0.15, -0.1) is 0 Å². The highest BCUT2D eigenvalue weighted by Gasteiger charge is 2.13. The van der Waals surface area contributed by atoms with Crippen LogP contribution in [0.4, 0.5) is 0 Å². The minimum atomic E-state index is 0.657. The second kappa shape index (κ2) is 5.58. The molecule has 3 heteroatoms. The molecule has 0 radical (unpaired) electrons. The number of nitrogens with one attached hydrogen (secondary N) is 1. The van der Waals surface area contributed by atoms with Gasteiger partial charge in [-0.05, 0) is 40.5 Å². The molecule has 1 heterocycles. The molecule has 1 rings (SSSR count). The molecule has 13 heavy (non-hydrogen) atoms. The summed E-state index contributed by atoms with van der Waals surface area (Å²) in [5.74, 6) is 0. The molecular formula is C10H23N3. The number of likely N-dealkylation sites (N-methyl/N-ethyl adjacent to an activating group) is 1. The summed E-state index contributed by atoms with van der Waals surface area (Å²) in [6.07, 6.45) is 1.29. The van der Waals surface area contributed by atoms with Crippen molar-refractivity contribution in [1.29, 1.82) is 0 Å². The molecule has 0 aromatic carbocycles. The molecule has 1 atom stereocenters. The van der Waals surface area contributed by atoms with Crippen molar-refractivity contribution in [3.8, 4) is 0 Å². The smallest absolute Gasteiger partial charge is 0.0166 e. The van der Waals surface area contributed by atoms with Crippen LogP contribution in [0.2, 0.25) is 0 Å². The first-order valence-corrected chi connectivity index (χ1v) is 5.29. The van der Waals surface area contributed by atoms with Crippen LogP contribution in [0.25, 0.3) is 0 Å². The molecule has 0 spiro atoms. The maximum absolute atomic E-state index is 3.51. The predicted molar refractivity (Wildman–Crippen MR) is 57.1 cm³/mol. The molecule has 1 aliphatic rings. The van der Waals surface area contributed by atoms with E-state index in [1.807, 2.05) is 0 Å². The molecule has 78 valence electrons. The number of hydrogen-bond donors (Lipinski definition) is 1. The molecule has 1 unspecified atom stereocenters. The van der Waals surface area contributed by atoms with Gasteiger partial charge in [0.15, 0.2) is 0 Å². The molecule has 0 saturated carbocycles. The molecule has 0 aliphatic carbocycles. The fraction of sp³-hybridized carbons (Fsp3) is 1.00. The van der Waals surface area contributed by atoms with E-state index in [0.717, 1.165) is 0 Å². The molecule has 0 aromatic rings. The van der Waals surface area contributed by atoms with Crippen LogP contribution in [0.1, 0.15) is 13.3 Å². The Bertz CT molecular complexity index is 136. The summed E-state index contributed by atoms with van der Waals surface area (Å²) >= 11 is 0. The molecule has 1 aliphatic heterocycles. The molecular weight excluding hydrogens is 162 g/mol. The van der Waals surface area contributed by atoms with Gasteiger partial charge in [-0.1, -0.05) is 0 Å². The minimum Gasteiger partial charge on any atom is -0.313 e. The van der Waals surface area contributed by atoms with Crippen molar-refractivity contribution in [1.82, 2.24) is 15.1 Å². The van der Waals surface area contributed by atoms with E-state index in [4.69, 9.17) is 0 Å². The third kappa shape index (κ3) is 4.60. The summed E-state index contributed by atoms with van der Waals surface area (Å²) in [7, 11) is 4.28. The van der Waals surface area contributed by atoms with E-state index >= 15 is 0 Å². The first-order chi connectivity index (χ1) is 6.18. The minimum absolute atomic E-state index is 0.657. The number of nitrogens with zero attached hydrogens (tertiary/aromatic N) is 2. The fourth-order valence-corrected chi connectivity index (χ4v) is 1.74. The first kappa shape index (κ1) is 11.0. The van der Waals surface area contributed by atoms with Crippen LogP contribution in [0.3, 0.4) is 0 Å². The lowest BCUT2D eigenvalue weighted by Gasteiger charge is -2.23. The van der Waals surface area contributed by atoms with Gasteiger partial charge in [0, 0.05) is 25.7 Å². The van der Waals surface area contributed by atoms with E-state index in [9.17, 15) is 0 Å². The zero-order valence-electron chi connectivity index (χ0n) is 9.21. The average molecular weight is 185 g/mol. The molecule has 0 bridgehead atoms. The molecule has 0 aromatic heterocycles. The Kier molecular flexibility index (Phi) is 4.70. The standard InChI is InChI=1S/C10H23N3/c1-10-9-13(6-4-5-11-10)8-7-12(2)3/h10-11H,4-9H2,1-3H3. The van der Waals surface area contributed by atoms with Gasteiger partial charge in [0.1, 0.15) is 0 Å². The Hall–Kier alpha value is -0.120. The zero-order valence-corrected chi connectivity index (χ0v) is 9.21. The van der Waals surface area contributed by atoms with Crippen molar-refractivity contribution in [2.24, 2.45) is 0 Å². The summed E-state index contributed by atoms with van der Waals surface area (Å²) < 4.78 is 0. The Morgan fingerprint density at radius 1 is 1.46 bits per heavy atom. The molecule has 3 nitrogen and oxygen atoms in total. The van der Waals surface area contributed by atoms with E-state index in [1.165, 1.54) is 39.1 Å². The average Bonchev–Trinajstić information content (AvgIpc) is 2.26. The van der Waals surface area contributed by atoms with E-state index in [0.29, 0.717) is 6.04 Å². The van der Waals surface area contributed by atoms with Gasteiger partial charge in [-0.2, -0.15) is 0 Å². The van der Waals surface area contributed by atoms with Crippen molar-refractivity contribution in [3.63, 3.8) is 0 Å². The van der Waals surface area contributed by atoms with Gasteiger partial charge in [-0.3, -0.25) is 0 Å². The SMILES string of the molecule is CC1CN(CCN(C)C)CCCN1. The van der Waals surface area contributed by atoms with Crippen LogP contribution in [0.5, 0.6) is 0 Å². The van der Waals surface area contributed by atoms with Crippen molar-refractivity contribution >= 4 is 0 Å². The van der Waals surface area contributed by atoms with Gasteiger partial charge in [-0.25, -0.2) is 0 Å². The van der Waals surface area contributed by atoms with Crippen LogP contribution < -0.4 is 5.32 Å². The van der Waals surface area contributed by atoms with Crippen molar-refractivity contribution in [2.75, 3.05) is 46.8 Å². The summed E-state index contributed by atoms with van der Waals surface area (Å²) in [6, 6.07) is 0.657. The highest BCUT2D eigenvalue weighted by molar-refractivity contribution is 4.73. The molecule has 0 amide bonds. The third-order valence-corrected chi connectivity index (χ3v) is 2.54. The van der Waals surface area contributed by atoms with Gasteiger partial charge in [0.05, 0.1) is 0 Å². The summed E-state index contributed by atoms with van der Waals surface area (Å²) in [4.78, 5) is 4.81.